The van der Waals surface area contributed by atoms with Crippen LogP contribution in [0.2, 0.25) is 0 Å². The maximum absolute atomic E-state index is 12.5. The number of benzene rings is 3. The summed E-state index contributed by atoms with van der Waals surface area (Å²) in [6.07, 6.45) is -6.13. The molecule has 0 spiro atoms. The van der Waals surface area contributed by atoms with E-state index in [1.807, 2.05) is 0 Å². The Morgan fingerprint density at radius 2 is 0.833 bits per heavy atom. The second kappa shape index (κ2) is 13.1. The lowest BCUT2D eigenvalue weighted by Gasteiger charge is -2.21. The molecule has 0 fully saturated rings. The van der Waals surface area contributed by atoms with Crippen molar-refractivity contribution in [1.29, 1.82) is 0 Å². The van der Waals surface area contributed by atoms with Crippen LogP contribution in [0, 0.1) is 0 Å². The molecule has 0 bridgehead atoms. The first-order chi connectivity index (χ1) is 17.4. The molecule has 9 nitrogen and oxygen atoms in total. The number of hydrogen-bond acceptors (Lipinski definition) is 9. The molecule has 9 heteroatoms. The summed E-state index contributed by atoms with van der Waals surface area (Å²) in [5.41, 5.74) is 0.871. The van der Waals surface area contributed by atoms with Crippen molar-refractivity contribution in [3.8, 4) is 0 Å². The van der Waals surface area contributed by atoms with Gasteiger partial charge in [-0.15, -0.1) is 0 Å². The van der Waals surface area contributed by atoms with E-state index in [0.29, 0.717) is 11.1 Å². The zero-order valence-electron chi connectivity index (χ0n) is 19.2. The largest absolute Gasteiger partial charge is 0.459 e. The van der Waals surface area contributed by atoms with Crippen molar-refractivity contribution in [1.82, 2.24) is 0 Å². The topological polar surface area (TPSA) is 140 Å². The van der Waals surface area contributed by atoms with Gasteiger partial charge >= 0.3 is 17.9 Å². The molecule has 0 saturated carbocycles. The van der Waals surface area contributed by atoms with Crippen molar-refractivity contribution in [2.24, 2.45) is 0 Å². The summed E-state index contributed by atoms with van der Waals surface area (Å²) in [5.74, 6) is -3.09. The standard InChI is InChI=1S/C27H26O9/c28-22(18-10-4-1-5-11-18)25(31)34-16-21(36-27(33)24(30)20-14-8-3-9-15-20)17-35-26(32)23(29)19-12-6-2-7-13-19/h1-15,21-24,28-30H,16-17H2. The average molecular weight is 494 g/mol. The molecule has 0 aliphatic heterocycles. The normalized spacial score (nSPS) is 14.1. The number of rotatable bonds is 11. The fourth-order valence-electron chi connectivity index (χ4n) is 3.17. The smallest absolute Gasteiger partial charge is 0.340 e. The zero-order chi connectivity index (χ0) is 25.9. The van der Waals surface area contributed by atoms with Crippen LogP contribution in [0.3, 0.4) is 0 Å². The Kier molecular flexibility index (Phi) is 9.70. The molecule has 0 aliphatic carbocycles. The van der Waals surface area contributed by atoms with Crippen molar-refractivity contribution in [3.63, 3.8) is 0 Å². The van der Waals surface area contributed by atoms with E-state index in [1.54, 1.807) is 54.6 Å². The highest BCUT2D eigenvalue weighted by atomic mass is 16.6. The number of carbonyl (C=O) groups excluding carboxylic acids is 3. The van der Waals surface area contributed by atoms with Gasteiger partial charge in [-0.2, -0.15) is 0 Å². The Balaban J connectivity index is 1.64. The van der Waals surface area contributed by atoms with Crippen molar-refractivity contribution < 1.29 is 43.9 Å². The Morgan fingerprint density at radius 3 is 1.17 bits per heavy atom. The molecule has 36 heavy (non-hydrogen) atoms. The first kappa shape index (κ1) is 26.6. The van der Waals surface area contributed by atoms with Gasteiger partial charge < -0.3 is 29.5 Å². The summed E-state index contributed by atoms with van der Waals surface area (Å²) in [6.45, 7) is -1.16. The third kappa shape index (κ3) is 7.47. The molecule has 3 atom stereocenters. The highest BCUT2D eigenvalue weighted by Gasteiger charge is 2.28. The Morgan fingerprint density at radius 1 is 0.528 bits per heavy atom. The lowest BCUT2D eigenvalue weighted by atomic mass is 10.1. The fraction of sp³-hybridized carbons (Fsp3) is 0.222. The number of aliphatic hydroxyl groups is 3. The van der Waals surface area contributed by atoms with Crippen molar-refractivity contribution in [2.75, 3.05) is 13.2 Å². The van der Waals surface area contributed by atoms with Crippen molar-refractivity contribution in [2.45, 2.75) is 24.4 Å². The van der Waals surface area contributed by atoms with E-state index in [4.69, 9.17) is 14.2 Å². The number of aliphatic hydroxyl groups excluding tert-OH is 3. The molecule has 3 aromatic rings. The van der Waals surface area contributed by atoms with Crippen LogP contribution < -0.4 is 0 Å². The van der Waals surface area contributed by atoms with Gasteiger partial charge in [0.1, 0.15) is 13.2 Å². The number of carbonyl (C=O) groups is 3. The van der Waals surface area contributed by atoms with E-state index in [2.05, 4.69) is 0 Å². The molecule has 3 N–H and O–H groups in total. The summed E-state index contributed by atoms with van der Waals surface area (Å²) in [7, 11) is 0. The molecule has 188 valence electrons. The van der Waals surface area contributed by atoms with Gasteiger partial charge in [-0.05, 0) is 16.7 Å². The summed E-state index contributed by atoms with van der Waals surface area (Å²) < 4.78 is 15.4. The first-order valence-corrected chi connectivity index (χ1v) is 11.1. The molecule has 3 rings (SSSR count). The fourth-order valence-corrected chi connectivity index (χ4v) is 3.17. The predicted molar refractivity (Wildman–Crippen MR) is 126 cm³/mol. The van der Waals surface area contributed by atoms with Gasteiger partial charge in [0.25, 0.3) is 0 Å². The van der Waals surface area contributed by atoms with Gasteiger partial charge in [-0.25, -0.2) is 14.4 Å². The number of esters is 3. The minimum absolute atomic E-state index is 0.272. The minimum atomic E-state index is -1.63. The molecule has 0 radical (unpaired) electrons. The van der Waals surface area contributed by atoms with Crippen LogP contribution in [-0.2, 0) is 28.6 Å². The quantitative estimate of drug-likeness (QED) is 0.270. The minimum Gasteiger partial charge on any atom is -0.459 e. The third-order valence-electron chi connectivity index (χ3n) is 5.12. The van der Waals surface area contributed by atoms with Gasteiger partial charge in [0.05, 0.1) is 0 Å². The van der Waals surface area contributed by atoms with Crippen molar-refractivity contribution in [3.05, 3.63) is 108 Å². The molecule has 0 aromatic heterocycles. The molecule has 0 aliphatic rings. The predicted octanol–water partition coefficient (Wildman–Crippen LogP) is 2.19. The van der Waals surface area contributed by atoms with E-state index in [-0.39, 0.29) is 5.56 Å². The van der Waals surface area contributed by atoms with Gasteiger partial charge in [-0.3, -0.25) is 0 Å². The average Bonchev–Trinajstić information content (AvgIpc) is 2.94. The van der Waals surface area contributed by atoms with E-state index >= 15 is 0 Å². The number of ether oxygens (including phenoxy) is 3. The Bertz CT molecular complexity index is 1060. The highest BCUT2D eigenvalue weighted by molar-refractivity contribution is 5.78. The molecule has 3 unspecified atom stereocenters. The molecule has 3 aromatic carbocycles. The van der Waals surface area contributed by atoms with Crippen molar-refractivity contribution >= 4 is 17.9 Å². The SMILES string of the molecule is O=C(OCC(COC(=O)C(O)c1ccccc1)OC(=O)C(O)c1ccccc1)C(O)c1ccccc1. The van der Waals surface area contributed by atoms with E-state index in [1.165, 1.54) is 36.4 Å². The van der Waals surface area contributed by atoms with E-state index < -0.39 is 55.5 Å². The number of hydrogen-bond donors (Lipinski definition) is 3. The Labute approximate surface area is 207 Å². The second-order valence-electron chi connectivity index (χ2n) is 7.76. The van der Waals surface area contributed by atoms with Crippen LogP contribution in [0.5, 0.6) is 0 Å². The van der Waals surface area contributed by atoms with Gasteiger partial charge in [0, 0.05) is 0 Å². The maximum atomic E-state index is 12.5. The van der Waals surface area contributed by atoms with Gasteiger partial charge in [-0.1, -0.05) is 91.0 Å². The monoisotopic (exact) mass is 494 g/mol. The zero-order valence-corrected chi connectivity index (χ0v) is 19.2. The van der Waals surface area contributed by atoms with E-state index in [0.717, 1.165) is 0 Å². The highest BCUT2D eigenvalue weighted by Crippen LogP contribution is 2.18. The molecular formula is C27H26O9. The van der Waals surface area contributed by atoms with E-state index in [9.17, 15) is 29.7 Å². The molecule has 0 amide bonds. The van der Waals surface area contributed by atoms with Crippen LogP contribution in [0.4, 0.5) is 0 Å². The third-order valence-corrected chi connectivity index (χ3v) is 5.12. The maximum Gasteiger partial charge on any atom is 0.340 e. The van der Waals surface area contributed by atoms with Crippen LogP contribution in [0.15, 0.2) is 91.0 Å². The second-order valence-corrected chi connectivity index (χ2v) is 7.76. The van der Waals surface area contributed by atoms with Crippen LogP contribution in [-0.4, -0.2) is 52.5 Å². The summed E-state index contributed by atoms with van der Waals surface area (Å²) in [5, 5.41) is 30.7. The van der Waals surface area contributed by atoms with Crippen LogP contribution in [0.1, 0.15) is 35.0 Å². The lowest BCUT2D eigenvalue weighted by molar-refractivity contribution is -0.177. The summed E-state index contributed by atoms with van der Waals surface area (Å²) >= 11 is 0. The first-order valence-electron chi connectivity index (χ1n) is 11.1. The lowest BCUT2D eigenvalue weighted by Crippen LogP contribution is -2.34. The van der Waals surface area contributed by atoms with Gasteiger partial charge in [0.2, 0.25) is 0 Å². The van der Waals surface area contributed by atoms with Crippen LogP contribution >= 0.6 is 0 Å². The molecule has 0 saturated heterocycles. The Hall–Kier alpha value is -4.05. The summed E-state index contributed by atoms with van der Waals surface area (Å²) in [6, 6.07) is 24.1. The molecule has 0 heterocycles. The van der Waals surface area contributed by atoms with Crippen LogP contribution in [0.25, 0.3) is 0 Å². The van der Waals surface area contributed by atoms with Gasteiger partial charge in [0.15, 0.2) is 24.4 Å². The molecular weight excluding hydrogens is 468 g/mol. The summed E-state index contributed by atoms with van der Waals surface area (Å²) in [4.78, 5) is 37.1.